The Bertz CT molecular complexity index is 977. The molecule has 1 fully saturated rings. The summed E-state index contributed by atoms with van der Waals surface area (Å²) in [6, 6.07) is 18.9. The van der Waals surface area contributed by atoms with Crippen LogP contribution in [-0.4, -0.2) is 65.7 Å². The number of piperazine rings is 1. The zero-order valence-corrected chi connectivity index (χ0v) is 19.6. The van der Waals surface area contributed by atoms with Crippen molar-refractivity contribution in [2.45, 2.75) is 38.0 Å². The molecule has 8 nitrogen and oxygen atoms in total. The lowest BCUT2D eigenvalue weighted by Gasteiger charge is -2.36. The summed E-state index contributed by atoms with van der Waals surface area (Å²) in [5.74, 6) is -3.46. The maximum absolute atomic E-state index is 12.7. The molecule has 8 heteroatoms. The number of nitrogens with one attached hydrogen (secondary N) is 1. The van der Waals surface area contributed by atoms with Crippen LogP contribution in [-0.2, 0) is 19.8 Å². The van der Waals surface area contributed by atoms with Crippen molar-refractivity contribution in [3.63, 3.8) is 0 Å². The van der Waals surface area contributed by atoms with Gasteiger partial charge in [-0.15, -0.1) is 0 Å². The molecule has 34 heavy (non-hydrogen) atoms. The van der Waals surface area contributed by atoms with Crippen molar-refractivity contribution in [1.29, 1.82) is 0 Å². The SMILES string of the molecule is CCC1(CCCCN2CCN(c3ccccc3)CC2)C(=O)Nc2ccccc21.O=C(O)C(=O)O. The molecule has 2 aliphatic rings. The Kier molecular flexibility index (Phi) is 8.65. The van der Waals surface area contributed by atoms with E-state index in [0.29, 0.717) is 0 Å². The van der Waals surface area contributed by atoms with E-state index in [-0.39, 0.29) is 11.3 Å². The second-order valence-corrected chi connectivity index (χ2v) is 8.67. The first kappa shape index (κ1) is 25.2. The Morgan fingerprint density at radius 2 is 1.53 bits per heavy atom. The van der Waals surface area contributed by atoms with E-state index in [9.17, 15) is 4.79 Å². The lowest BCUT2D eigenvalue weighted by molar-refractivity contribution is -0.159. The van der Waals surface area contributed by atoms with Crippen LogP contribution in [0, 0.1) is 0 Å². The van der Waals surface area contributed by atoms with Gasteiger partial charge in [0.15, 0.2) is 0 Å². The summed E-state index contributed by atoms with van der Waals surface area (Å²) in [6.07, 6.45) is 4.05. The summed E-state index contributed by atoms with van der Waals surface area (Å²) in [6.45, 7) is 7.71. The molecule has 0 radical (unpaired) electrons. The fraction of sp³-hybridized carbons (Fsp3) is 0.423. The number of hydrogen-bond donors (Lipinski definition) is 3. The van der Waals surface area contributed by atoms with Crippen molar-refractivity contribution in [3.8, 4) is 0 Å². The molecular formula is C26H33N3O5. The highest BCUT2D eigenvalue weighted by molar-refractivity contribution is 6.27. The van der Waals surface area contributed by atoms with E-state index in [2.05, 4.69) is 64.5 Å². The van der Waals surface area contributed by atoms with Crippen molar-refractivity contribution in [2.24, 2.45) is 0 Å². The Labute approximate surface area is 200 Å². The number of aliphatic carboxylic acids is 2. The number of hydrogen-bond acceptors (Lipinski definition) is 5. The summed E-state index contributed by atoms with van der Waals surface area (Å²) in [5.41, 5.74) is 3.20. The first-order chi connectivity index (χ1) is 16.4. The molecule has 1 amide bonds. The van der Waals surface area contributed by atoms with Gasteiger partial charge in [-0.3, -0.25) is 9.69 Å². The maximum atomic E-state index is 12.7. The van der Waals surface area contributed by atoms with E-state index >= 15 is 0 Å². The second kappa shape index (κ2) is 11.7. The van der Waals surface area contributed by atoms with Gasteiger partial charge in [-0.2, -0.15) is 0 Å². The molecule has 4 rings (SSSR count). The maximum Gasteiger partial charge on any atom is 0.414 e. The quantitative estimate of drug-likeness (QED) is 0.423. The van der Waals surface area contributed by atoms with E-state index < -0.39 is 11.9 Å². The summed E-state index contributed by atoms with van der Waals surface area (Å²) in [5, 5.41) is 17.9. The van der Waals surface area contributed by atoms with Crippen LogP contribution in [0.4, 0.5) is 11.4 Å². The fourth-order valence-corrected chi connectivity index (χ4v) is 4.78. The molecule has 2 aromatic carbocycles. The monoisotopic (exact) mass is 467 g/mol. The normalized spacial score (nSPS) is 19.6. The van der Waals surface area contributed by atoms with E-state index in [1.807, 2.05) is 12.1 Å². The van der Waals surface area contributed by atoms with E-state index in [4.69, 9.17) is 19.8 Å². The molecule has 0 bridgehead atoms. The molecule has 0 spiro atoms. The van der Waals surface area contributed by atoms with Gasteiger partial charge in [0, 0.05) is 37.6 Å². The third kappa shape index (κ3) is 5.94. The molecule has 0 aliphatic carbocycles. The number of fused-ring (bicyclic) bond motifs is 1. The zero-order chi connectivity index (χ0) is 24.6. The standard InChI is InChI=1S/C24H31N3O.C2H2O4/c1-2-24(21-12-6-7-13-22(21)25-23(24)28)14-8-9-15-26-16-18-27(19-17-26)20-10-4-3-5-11-20;3-1(4)2(5)6/h3-7,10-13H,2,8-9,14-19H2,1H3,(H,25,28);(H,3,4)(H,5,6). The summed E-state index contributed by atoms with van der Waals surface area (Å²) < 4.78 is 0. The molecule has 182 valence electrons. The molecule has 2 aliphatic heterocycles. The van der Waals surface area contributed by atoms with E-state index in [0.717, 1.165) is 64.1 Å². The van der Waals surface area contributed by atoms with Crippen molar-refractivity contribution in [1.82, 2.24) is 4.90 Å². The highest BCUT2D eigenvalue weighted by atomic mass is 16.4. The van der Waals surface area contributed by atoms with Gasteiger partial charge in [-0.25, -0.2) is 9.59 Å². The minimum Gasteiger partial charge on any atom is -0.473 e. The van der Waals surface area contributed by atoms with Crippen molar-refractivity contribution in [3.05, 3.63) is 60.2 Å². The van der Waals surface area contributed by atoms with Crippen LogP contribution in [0.25, 0.3) is 0 Å². The molecule has 1 atom stereocenters. The van der Waals surface area contributed by atoms with Crippen molar-refractivity contribution < 1.29 is 24.6 Å². The van der Waals surface area contributed by atoms with Crippen LogP contribution < -0.4 is 10.2 Å². The van der Waals surface area contributed by atoms with Crippen LogP contribution in [0.1, 0.15) is 38.2 Å². The van der Waals surface area contributed by atoms with Gasteiger partial charge in [-0.1, -0.05) is 49.7 Å². The van der Waals surface area contributed by atoms with Crippen LogP contribution in [0.15, 0.2) is 54.6 Å². The lowest BCUT2D eigenvalue weighted by Crippen LogP contribution is -2.46. The molecule has 2 heterocycles. The van der Waals surface area contributed by atoms with Gasteiger partial charge in [0.05, 0.1) is 5.41 Å². The number of carboxylic acid groups (broad SMARTS) is 2. The topological polar surface area (TPSA) is 110 Å². The van der Waals surface area contributed by atoms with Crippen LogP contribution in [0.5, 0.6) is 0 Å². The third-order valence-corrected chi connectivity index (χ3v) is 6.73. The van der Waals surface area contributed by atoms with Crippen LogP contribution in [0.2, 0.25) is 0 Å². The van der Waals surface area contributed by atoms with Crippen molar-refractivity contribution >= 4 is 29.2 Å². The van der Waals surface area contributed by atoms with Crippen LogP contribution >= 0.6 is 0 Å². The average molecular weight is 468 g/mol. The van der Waals surface area contributed by atoms with Gasteiger partial charge in [0.1, 0.15) is 0 Å². The number of anilines is 2. The van der Waals surface area contributed by atoms with Gasteiger partial charge < -0.3 is 20.4 Å². The number of nitrogens with zero attached hydrogens (tertiary/aromatic N) is 2. The first-order valence-electron chi connectivity index (χ1n) is 11.8. The Morgan fingerprint density at radius 3 is 2.15 bits per heavy atom. The Morgan fingerprint density at radius 1 is 0.912 bits per heavy atom. The van der Waals surface area contributed by atoms with Crippen molar-refractivity contribution in [2.75, 3.05) is 42.9 Å². The first-order valence-corrected chi connectivity index (χ1v) is 11.8. The molecule has 3 N–H and O–H groups in total. The third-order valence-electron chi connectivity index (χ3n) is 6.73. The average Bonchev–Trinajstić information content (AvgIpc) is 3.14. The summed E-state index contributed by atoms with van der Waals surface area (Å²) in [7, 11) is 0. The molecular weight excluding hydrogens is 434 g/mol. The highest BCUT2D eigenvalue weighted by Crippen LogP contribution is 2.43. The number of carboxylic acids is 2. The smallest absolute Gasteiger partial charge is 0.414 e. The van der Waals surface area contributed by atoms with E-state index in [1.54, 1.807) is 0 Å². The number of carbonyl (C=O) groups excluding carboxylic acids is 1. The number of carbonyl (C=O) groups is 3. The number of rotatable bonds is 7. The Balaban J connectivity index is 0.000000481. The Hall–Kier alpha value is -3.39. The van der Waals surface area contributed by atoms with Gasteiger partial charge in [0.2, 0.25) is 5.91 Å². The zero-order valence-electron chi connectivity index (χ0n) is 19.6. The second-order valence-electron chi connectivity index (χ2n) is 8.67. The minimum atomic E-state index is -1.82. The highest BCUT2D eigenvalue weighted by Gasteiger charge is 2.44. The number of amides is 1. The lowest BCUT2D eigenvalue weighted by atomic mass is 9.75. The molecule has 0 aromatic heterocycles. The predicted molar refractivity (Wildman–Crippen MR) is 131 cm³/mol. The molecule has 1 saturated heterocycles. The largest absolute Gasteiger partial charge is 0.473 e. The minimum absolute atomic E-state index is 0.188. The number of unbranched alkanes of at least 4 members (excludes halogenated alkanes) is 1. The molecule has 2 aromatic rings. The van der Waals surface area contributed by atoms with Gasteiger partial charge in [0.25, 0.3) is 0 Å². The van der Waals surface area contributed by atoms with Gasteiger partial charge in [-0.05, 0) is 49.6 Å². The number of benzene rings is 2. The predicted octanol–water partition coefficient (Wildman–Crippen LogP) is 3.43. The summed E-state index contributed by atoms with van der Waals surface area (Å²) >= 11 is 0. The molecule has 1 unspecified atom stereocenters. The van der Waals surface area contributed by atoms with Crippen LogP contribution in [0.3, 0.4) is 0 Å². The van der Waals surface area contributed by atoms with Gasteiger partial charge >= 0.3 is 11.9 Å². The number of para-hydroxylation sites is 2. The summed E-state index contributed by atoms with van der Waals surface area (Å²) in [4.78, 5) is 36.0. The fourth-order valence-electron chi connectivity index (χ4n) is 4.78. The van der Waals surface area contributed by atoms with E-state index in [1.165, 1.54) is 11.3 Å². The molecule has 0 saturated carbocycles.